The van der Waals surface area contributed by atoms with Crippen LogP contribution in [0.2, 0.25) is 0 Å². The lowest BCUT2D eigenvalue weighted by Gasteiger charge is -2.18. The van der Waals surface area contributed by atoms with E-state index in [1.807, 2.05) is 0 Å². The number of hydrogen-bond acceptors (Lipinski definition) is 6. The van der Waals surface area contributed by atoms with Crippen molar-refractivity contribution in [3.63, 3.8) is 0 Å². The molecule has 2 atom stereocenters. The lowest BCUT2D eigenvalue weighted by atomic mass is 10.2. The fourth-order valence-electron chi connectivity index (χ4n) is 1.29. The van der Waals surface area contributed by atoms with Gasteiger partial charge in [-0.3, -0.25) is 10.1 Å². The monoisotopic (exact) mass is 326 g/mol. The van der Waals surface area contributed by atoms with E-state index in [0.29, 0.717) is 6.07 Å². The maximum atomic E-state index is 11.9. The second-order valence-electron chi connectivity index (χ2n) is 3.78. The largest absolute Gasteiger partial charge is 0.595 e. The van der Waals surface area contributed by atoms with Crippen molar-refractivity contribution in [3.05, 3.63) is 28.6 Å². The Kier molecular flexibility index (Phi) is 5.37. The average Bonchev–Trinajstić information content (AvgIpc) is 2.37. The quantitative estimate of drug-likeness (QED) is 0.380. The molecule has 2 unspecified atom stereocenters. The Morgan fingerprint density at radius 2 is 1.73 bits per heavy atom. The van der Waals surface area contributed by atoms with E-state index in [1.54, 1.807) is 5.32 Å². The van der Waals surface area contributed by atoms with Gasteiger partial charge in [-0.25, -0.2) is 15.2 Å². The summed E-state index contributed by atoms with van der Waals surface area (Å²) in [5, 5.41) is 38.8. The summed E-state index contributed by atoms with van der Waals surface area (Å²) in [5.74, 6) is -2.54. The molecule has 6 N–H and O–H groups in total. The Morgan fingerprint density at radius 3 is 2.18 bits per heavy atom. The summed E-state index contributed by atoms with van der Waals surface area (Å²) >= 11 is 0. The minimum absolute atomic E-state index is 0.408. The van der Waals surface area contributed by atoms with E-state index in [-0.39, 0.29) is 0 Å². The smallest absolute Gasteiger partial charge is 0.471 e. The summed E-state index contributed by atoms with van der Waals surface area (Å²) in [6, 6.07) is 0.875. The van der Waals surface area contributed by atoms with Crippen LogP contribution < -0.4 is 21.1 Å². The molecule has 0 bridgehead atoms. The van der Waals surface area contributed by atoms with Crippen molar-refractivity contribution in [2.75, 3.05) is 5.32 Å². The molecule has 3 amide bonds. The number of hydrogen-bond donors (Lipinski definition) is 6. The number of anilines is 1. The molecule has 0 aliphatic rings. The Hall–Kier alpha value is -2.29. The molecule has 0 aliphatic carbocycles. The van der Waals surface area contributed by atoms with Gasteiger partial charge in [-0.2, -0.15) is 23.6 Å². The number of nitrogens with one attached hydrogen (secondary N) is 4. The van der Waals surface area contributed by atoms with Gasteiger partial charge in [0.2, 0.25) is 0 Å². The summed E-state index contributed by atoms with van der Waals surface area (Å²) in [6.07, 6.45) is -5.29. The summed E-state index contributed by atoms with van der Waals surface area (Å²) in [6.45, 7) is 0. The molecule has 0 aliphatic heterocycles. The summed E-state index contributed by atoms with van der Waals surface area (Å²) in [7, 11) is 0. The number of carbonyl (C=O) groups excluding carboxylic acids is 2. The molecule has 0 radical (unpaired) electrons. The molecule has 0 saturated carbocycles. The van der Waals surface area contributed by atoms with E-state index in [2.05, 4.69) is 0 Å². The van der Waals surface area contributed by atoms with Gasteiger partial charge in [0.1, 0.15) is 5.69 Å². The van der Waals surface area contributed by atoms with E-state index in [9.17, 15) is 33.2 Å². The molecular weight excluding hydrogens is 317 g/mol. The number of alkyl halides is 3. The summed E-state index contributed by atoms with van der Waals surface area (Å²) < 4.78 is 35.8. The number of rotatable bonds is 3. The van der Waals surface area contributed by atoms with Gasteiger partial charge in [0.15, 0.2) is 11.4 Å². The maximum Gasteiger partial charge on any atom is 0.471 e. The van der Waals surface area contributed by atoms with E-state index in [4.69, 9.17) is 10.4 Å². The predicted molar refractivity (Wildman–Crippen MR) is 61.2 cm³/mol. The highest BCUT2D eigenvalue weighted by Crippen LogP contribution is 2.21. The van der Waals surface area contributed by atoms with Crippen molar-refractivity contribution in [1.82, 2.24) is 5.32 Å². The Morgan fingerprint density at radius 1 is 1.14 bits per heavy atom. The molecule has 1 aromatic carbocycles. The second-order valence-corrected chi connectivity index (χ2v) is 3.78. The molecule has 0 heterocycles. The van der Waals surface area contributed by atoms with Crippen LogP contribution in [0, 0.1) is 10.4 Å². The van der Waals surface area contributed by atoms with Gasteiger partial charge >= 0.3 is 18.1 Å². The van der Waals surface area contributed by atoms with Crippen molar-refractivity contribution in [3.8, 4) is 0 Å². The van der Waals surface area contributed by atoms with Crippen molar-refractivity contribution >= 4 is 29.0 Å². The van der Waals surface area contributed by atoms with Gasteiger partial charge in [-0.15, -0.1) is 0 Å². The van der Waals surface area contributed by atoms with Crippen LogP contribution in [0.1, 0.15) is 0 Å². The van der Waals surface area contributed by atoms with Crippen LogP contribution in [-0.2, 0) is 4.79 Å². The lowest BCUT2D eigenvalue weighted by Crippen LogP contribution is -3.00. The Bertz CT molecular complexity index is 577. The zero-order chi connectivity index (χ0) is 17.1. The molecule has 22 heavy (non-hydrogen) atoms. The number of amides is 3. The number of imide groups is 1. The first kappa shape index (κ1) is 17.8. The van der Waals surface area contributed by atoms with Crippen molar-refractivity contribution in [1.29, 1.82) is 0 Å². The van der Waals surface area contributed by atoms with Crippen molar-refractivity contribution in [2.24, 2.45) is 0 Å². The molecular formula is C9H9F3N4O6. The molecule has 0 spiro atoms. The van der Waals surface area contributed by atoms with Crippen LogP contribution in [0.25, 0.3) is 0 Å². The Labute approximate surface area is 119 Å². The highest BCUT2D eigenvalue weighted by Gasteiger charge is 2.39. The van der Waals surface area contributed by atoms with E-state index >= 15 is 0 Å². The van der Waals surface area contributed by atoms with Crippen molar-refractivity contribution in [2.45, 2.75) is 6.18 Å². The molecule has 0 aromatic heterocycles. The number of benzene rings is 1. The van der Waals surface area contributed by atoms with Crippen LogP contribution in [0.4, 0.5) is 35.0 Å². The third-order valence-electron chi connectivity index (χ3n) is 2.23. The summed E-state index contributed by atoms with van der Waals surface area (Å²) in [5.41, 5.74) is -1.56. The van der Waals surface area contributed by atoms with Gasteiger partial charge in [0, 0.05) is 6.07 Å². The standard InChI is InChI=1S/C9H9F3N4O6/c10-9(11,12)7(17)14-8(18)13-5-2-1-4(15(19)20)3-6(5)16(21)22/h1-3,15-16,19,21H,(H2,13,14,17,18). The first-order valence-electron chi connectivity index (χ1n) is 5.32. The van der Waals surface area contributed by atoms with Gasteiger partial charge in [-0.1, -0.05) is 0 Å². The summed E-state index contributed by atoms with van der Waals surface area (Å²) in [4.78, 5) is 21.7. The number of carbonyl (C=O) groups is 2. The van der Waals surface area contributed by atoms with Crippen molar-refractivity contribution < 1.29 is 43.6 Å². The van der Waals surface area contributed by atoms with Crippen LogP contribution in [0.3, 0.4) is 0 Å². The van der Waals surface area contributed by atoms with Gasteiger partial charge in [-0.05, 0) is 6.07 Å². The highest BCUT2D eigenvalue weighted by atomic mass is 19.4. The molecule has 1 aromatic rings. The average molecular weight is 326 g/mol. The first-order valence-corrected chi connectivity index (χ1v) is 5.32. The normalized spacial score (nSPS) is 14.1. The van der Waals surface area contributed by atoms with Gasteiger partial charge in [0.05, 0.1) is 6.07 Å². The van der Waals surface area contributed by atoms with Crippen LogP contribution in [0.15, 0.2) is 18.2 Å². The molecule has 122 valence electrons. The Balaban J connectivity index is 2.93. The number of halogens is 3. The minimum Gasteiger partial charge on any atom is -0.595 e. The fraction of sp³-hybridized carbons (Fsp3) is 0.111. The first-order chi connectivity index (χ1) is 10.0. The number of quaternary nitrogens is 2. The molecule has 0 saturated heterocycles. The minimum atomic E-state index is -5.29. The molecule has 0 fully saturated rings. The topological polar surface area (TPSA) is 154 Å². The zero-order valence-corrected chi connectivity index (χ0v) is 10.4. The lowest BCUT2D eigenvalue weighted by molar-refractivity contribution is -0.996. The van der Waals surface area contributed by atoms with E-state index in [1.165, 1.54) is 0 Å². The fourth-order valence-corrected chi connectivity index (χ4v) is 1.29. The SMILES string of the molecule is O=C(NC(=O)C(F)(F)F)Nc1ccc([NH+]([O-])O)cc1[NH+]([O-])O. The van der Waals surface area contributed by atoms with Crippen LogP contribution in [-0.4, -0.2) is 28.5 Å². The second kappa shape index (κ2) is 6.65. The molecule has 13 heteroatoms. The molecule has 1 rings (SSSR count). The third-order valence-corrected chi connectivity index (χ3v) is 2.23. The predicted octanol–water partition coefficient (Wildman–Crippen LogP) is -1.30. The third kappa shape index (κ3) is 4.62. The van der Waals surface area contributed by atoms with Gasteiger partial charge in [0.25, 0.3) is 0 Å². The number of urea groups is 1. The van der Waals surface area contributed by atoms with E-state index < -0.39 is 45.6 Å². The maximum absolute atomic E-state index is 11.9. The zero-order valence-electron chi connectivity index (χ0n) is 10.4. The van der Waals surface area contributed by atoms with Crippen LogP contribution >= 0.6 is 0 Å². The molecule has 10 nitrogen and oxygen atoms in total. The highest BCUT2D eigenvalue weighted by molar-refractivity contribution is 6.03. The van der Waals surface area contributed by atoms with Crippen LogP contribution in [0.5, 0.6) is 0 Å². The van der Waals surface area contributed by atoms with Gasteiger partial charge < -0.3 is 15.7 Å². The van der Waals surface area contributed by atoms with E-state index in [0.717, 1.165) is 17.4 Å².